The molecule has 1 N–H and O–H groups in total. The Bertz CT molecular complexity index is 646. The van der Waals surface area contributed by atoms with Crippen molar-refractivity contribution >= 4 is 22.4 Å². The van der Waals surface area contributed by atoms with Gasteiger partial charge in [0.2, 0.25) is 5.91 Å². The minimum Gasteiger partial charge on any atom is -0.300 e. The lowest BCUT2D eigenvalue weighted by Gasteiger charge is -2.34. The van der Waals surface area contributed by atoms with Crippen LogP contribution in [0.15, 0.2) is 6.33 Å². The van der Waals surface area contributed by atoms with E-state index in [1.165, 1.54) is 35.1 Å². The first-order valence-corrected chi connectivity index (χ1v) is 8.45. The number of thiazole rings is 1. The van der Waals surface area contributed by atoms with Gasteiger partial charge in [0.05, 0.1) is 5.69 Å². The molecule has 0 bridgehead atoms. The molecule has 0 radical (unpaired) electrons. The first kappa shape index (κ1) is 15.1. The maximum Gasteiger partial charge on any atom is 0.248 e. The number of fused-ring (bicyclic) bond motifs is 1. The number of carbonyl (C=O) groups is 1. The van der Waals surface area contributed by atoms with Crippen LogP contribution in [0.25, 0.3) is 0 Å². The summed E-state index contributed by atoms with van der Waals surface area (Å²) in [5.41, 5.74) is 1.56. The normalized spacial score (nSPS) is 16.3. The average Bonchev–Trinajstić information content (AvgIpc) is 3.15. The largest absolute Gasteiger partial charge is 0.300 e. The van der Waals surface area contributed by atoms with Crippen LogP contribution in [0.5, 0.6) is 0 Å². The van der Waals surface area contributed by atoms with E-state index in [0.717, 1.165) is 18.5 Å². The zero-order valence-electron chi connectivity index (χ0n) is 12.9. The van der Waals surface area contributed by atoms with Crippen LogP contribution in [0.1, 0.15) is 43.7 Å². The highest BCUT2D eigenvalue weighted by Gasteiger charge is 2.33. The van der Waals surface area contributed by atoms with Crippen molar-refractivity contribution in [3.05, 3.63) is 16.9 Å². The summed E-state index contributed by atoms with van der Waals surface area (Å²) >= 11 is 1.61. The van der Waals surface area contributed by atoms with Gasteiger partial charge in [0.15, 0.2) is 5.13 Å². The Hall–Kier alpha value is -1.83. The monoisotopic (exact) mass is 320 g/mol. The molecule has 1 amide bonds. The summed E-state index contributed by atoms with van der Waals surface area (Å²) in [4.78, 5) is 17.9. The first-order valence-electron chi connectivity index (χ1n) is 7.63. The van der Waals surface area contributed by atoms with Gasteiger partial charge in [-0.1, -0.05) is 26.7 Å². The Kier molecular flexibility index (Phi) is 4.19. The van der Waals surface area contributed by atoms with Gasteiger partial charge in [0, 0.05) is 4.88 Å². The topological polar surface area (TPSA) is 85.6 Å². The van der Waals surface area contributed by atoms with Crippen LogP contribution < -0.4 is 5.32 Å². The molecule has 0 aliphatic heterocycles. The van der Waals surface area contributed by atoms with Crippen molar-refractivity contribution in [2.75, 3.05) is 5.32 Å². The summed E-state index contributed by atoms with van der Waals surface area (Å²) < 4.78 is 1.39. The predicted molar refractivity (Wildman–Crippen MR) is 83.6 cm³/mol. The molecule has 118 valence electrons. The fraction of sp³-hybridized carbons (Fsp3) is 0.643. The van der Waals surface area contributed by atoms with E-state index in [1.54, 1.807) is 11.3 Å². The third-order valence-corrected chi connectivity index (χ3v) is 5.66. The molecule has 0 aromatic carbocycles. The molecule has 7 nitrogen and oxygen atoms in total. The molecule has 0 atom stereocenters. The first-order chi connectivity index (χ1) is 10.6. The second-order valence-corrected chi connectivity index (χ2v) is 6.91. The Labute approximate surface area is 133 Å². The lowest BCUT2D eigenvalue weighted by Crippen LogP contribution is -2.26. The van der Waals surface area contributed by atoms with Gasteiger partial charge in [-0.15, -0.1) is 16.4 Å². The molecule has 0 saturated carbocycles. The van der Waals surface area contributed by atoms with Crippen LogP contribution in [0.4, 0.5) is 5.13 Å². The average molecular weight is 320 g/mol. The van der Waals surface area contributed by atoms with E-state index in [4.69, 9.17) is 0 Å². The summed E-state index contributed by atoms with van der Waals surface area (Å²) in [6, 6.07) is 0. The lowest BCUT2D eigenvalue weighted by molar-refractivity contribution is -0.116. The molecule has 0 saturated heterocycles. The fourth-order valence-corrected chi connectivity index (χ4v) is 4.19. The Morgan fingerprint density at radius 2 is 2.27 bits per heavy atom. The zero-order valence-corrected chi connectivity index (χ0v) is 13.7. The standard InChI is InChI=1S/C14H20N6OS/c1-3-14(4-2)6-5-10-11(7-14)22-13(16-10)17-12(21)8-20-9-15-18-19-20/h9H,3-8H2,1-2H3,(H,16,17,21). The van der Waals surface area contributed by atoms with E-state index in [2.05, 4.69) is 39.7 Å². The van der Waals surface area contributed by atoms with E-state index < -0.39 is 0 Å². The maximum absolute atomic E-state index is 12.0. The number of nitrogens with one attached hydrogen (secondary N) is 1. The summed E-state index contributed by atoms with van der Waals surface area (Å²) in [6.07, 6.45) is 7.09. The van der Waals surface area contributed by atoms with Crippen LogP contribution in [-0.4, -0.2) is 31.1 Å². The van der Waals surface area contributed by atoms with Crippen LogP contribution in [0.3, 0.4) is 0 Å². The third-order valence-electron chi connectivity index (χ3n) is 4.65. The number of aryl methyl sites for hydroxylation is 1. The van der Waals surface area contributed by atoms with E-state index >= 15 is 0 Å². The Morgan fingerprint density at radius 1 is 1.45 bits per heavy atom. The summed E-state index contributed by atoms with van der Waals surface area (Å²) in [6.45, 7) is 4.64. The summed E-state index contributed by atoms with van der Waals surface area (Å²) in [5.74, 6) is -0.157. The maximum atomic E-state index is 12.0. The van der Waals surface area contributed by atoms with Crippen molar-refractivity contribution in [3.63, 3.8) is 0 Å². The Balaban J connectivity index is 1.67. The smallest absolute Gasteiger partial charge is 0.248 e. The Morgan fingerprint density at radius 3 is 2.95 bits per heavy atom. The second kappa shape index (κ2) is 6.12. The lowest BCUT2D eigenvalue weighted by atomic mass is 9.71. The van der Waals surface area contributed by atoms with Gasteiger partial charge in [-0.2, -0.15) is 0 Å². The summed E-state index contributed by atoms with van der Waals surface area (Å²) in [5, 5.41) is 14.2. The fourth-order valence-electron chi connectivity index (χ4n) is 2.99. The number of nitrogens with zero attached hydrogens (tertiary/aromatic N) is 5. The minimum absolute atomic E-state index is 0.102. The van der Waals surface area contributed by atoms with Crippen LogP contribution >= 0.6 is 11.3 Å². The molecular formula is C14H20N6OS. The number of tetrazole rings is 1. The summed E-state index contributed by atoms with van der Waals surface area (Å²) in [7, 11) is 0. The van der Waals surface area contributed by atoms with Gasteiger partial charge >= 0.3 is 0 Å². The van der Waals surface area contributed by atoms with Gasteiger partial charge < -0.3 is 5.32 Å². The van der Waals surface area contributed by atoms with Gasteiger partial charge in [-0.25, -0.2) is 9.67 Å². The van der Waals surface area contributed by atoms with E-state index in [9.17, 15) is 4.79 Å². The van der Waals surface area contributed by atoms with Crippen molar-refractivity contribution in [1.82, 2.24) is 25.2 Å². The molecule has 22 heavy (non-hydrogen) atoms. The molecule has 0 unspecified atom stereocenters. The highest BCUT2D eigenvalue weighted by molar-refractivity contribution is 7.15. The predicted octanol–water partition coefficient (Wildman–Crippen LogP) is 2.06. The molecule has 8 heteroatoms. The zero-order chi connectivity index (χ0) is 15.6. The minimum atomic E-state index is -0.157. The molecule has 0 spiro atoms. The van der Waals surface area contributed by atoms with Crippen molar-refractivity contribution in [3.8, 4) is 0 Å². The van der Waals surface area contributed by atoms with Crippen LogP contribution in [0, 0.1) is 5.41 Å². The number of rotatable bonds is 5. The van der Waals surface area contributed by atoms with Crippen molar-refractivity contribution in [2.24, 2.45) is 5.41 Å². The van der Waals surface area contributed by atoms with Gasteiger partial charge in [-0.05, 0) is 35.1 Å². The van der Waals surface area contributed by atoms with Crippen LogP contribution in [0.2, 0.25) is 0 Å². The number of aromatic nitrogens is 5. The molecular weight excluding hydrogens is 300 g/mol. The highest BCUT2D eigenvalue weighted by atomic mass is 32.1. The van der Waals surface area contributed by atoms with E-state index in [0.29, 0.717) is 10.5 Å². The molecule has 1 aliphatic rings. The number of hydrogen-bond donors (Lipinski definition) is 1. The molecule has 0 fully saturated rings. The number of carbonyl (C=O) groups excluding carboxylic acids is 1. The van der Waals surface area contributed by atoms with Crippen molar-refractivity contribution < 1.29 is 4.79 Å². The number of hydrogen-bond acceptors (Lipinski definition) is 6. The SMILES string of the molecule is CCC1(CC)CCc2nc(NC(=O)Cn3cnnn3)sc2C1. The van der Waals surface area contributed by atoms with Gasteiger partial charge in [0.1, 0.15) is 12.9 Å². The van der Waals surface area contributed by atoms with Gasteiger partial charge in [-0.3, -0.25) is 4.79 Å². The van der Waals surface area contributed by atoms with Gasteiger partial charge in [0.25, 0.3) is 0 Å². The van der Waals surface area contributed by atoms with E-state index in [1.807, 2.05) is 0 Å². The van der Waals surface area contributed by atoms with E-state index in [-0.39, 0.29) is 12.5 Å². The van der Waals surface area contributed by atoms with Crippen LogP contribution in [-0.2, 0) is 24.2 Å². The molecule has 3 rings (SSSR count). The molecule has 2 heterocycles. The highest BCUT2D eigenvalue weighted by Crippen LogP contribution is 2.43. The quantitative estimate of drug-likeness (QED) is 0.911. The molecule has 2 aromatic rings. The third kappa shape index (κ3) is 3.01. The second-order valence-electron chi connectivity index (χ2n) is 5.83. The number of amides is 1. The van der Waals surface area contributed by atoms with Crippen molar-refractivity contribution in [2.45, 2.75) is 52.5 Å². The number of anilines is 1. The molecule has 1 aliphatic carbocycles. The molecule has 2 aromatic heterocycles. The van der Waals surface area contributed by atoms with Crippen molar-refractivity contribution in [1.29, 1.82) is 0 Å².